The SMILES string of the molecule is CCOc1ccc(C(C)NC(=NC)NCC2CCN(C)C2)cc1OCC.I. The maximum atomic E-state index is 5.73. The number of rotatable bonds is 8. The molecule has 2 atom stereocenters. The van der Waals surface area contributed by atoms with Gasteiger partial charge < -0.3 is 25.0 Å². The van der Waals surface area contributed by atoms with E-state index in [2.05, 4.69) is 40.6 Å². The van der Waals surface area contributed by atoms with Gasteiger partial charge in [-0.2, -0.15) is 0 Å². The Morgan fingerprint density at radius 1 is 1.26 bits per heavy atom. The lowest BCUT2D eigenvalue weighted by Crippen LogP contribution is -2.41. The number of halogens is 1. The zero-order valence-electron chi connectivity index (χ0n) is 17.2. The van der Waals surface area contributed by atoms with Gasteiger partial charge in [-0.15, -0.1) is 24.0 Å². The van der Waals surface area contributed by atoms with E-state index in [0.717, 1.165) is 36.1 Å². The smallest absolute Gasteiger partial charge is 0.191 e. The van der Waals surface area contributed by atoms with Gasteiger partial charge in [0, 0.05) is 20.1 Å². The molecule has 0 aliphatic carbocycles. The number of benzene rings is 1. The maximum absolute atomic E-state index is 5.73. The Morgan fingerprint density at radius 2 is 1.96 bits per heavy atom. The first-order chi connectivity index (χ1) is 12.6. The van der Waals surface area contributed by atoms with Crippen LogP contribution in [-0.4, -0.2) is 57.8 Å². The molecule has 1 aliphatic heterocycles. The lowest BCUT2D eigenvalue weighted by molar-refractivity contribution is 0.287. The van der Waals surface area contributed by atoms with Crippen LogP contribution < -0.4 is 20.1 Å². The van der Waals surface area contributed by atoms with E-state index in [0.29, 0.717) is 19.1 Å². The summed E-state index contributed by atoms with van der Waals surface area (Å²) in [5.41, 5.74) is 1.14. The Hall–Kier alpha value is -1.22. The van der Waals surface area contributed by atoms with Gasteiger partial charge in [-0.1, -0.05) is 6.07 Å². The molecule has 7 heteroatoms. The Bertz CT molecular complexity index is 597. The molecular formula is C20H35IN4O2. The summed E-state index contributed by atoms with van der Waals surface area (Å²) in [5.74, 6) is 3.10. The zero-order valence-corrected chi connectivity index (χ0v) is 19.6. The minimum Gasteiger partial charge on any atom is -0.490 e. The molecule has 0 bridgehead atoms. The molecule has 2 rings (SSSR count). The third-order valence-electron chi connectivity index (χ3n) is 4.69. The van der Waals surface area contributed by atoms with E-state index in [4.69, 9.17) is 9.47 Å². The quantitative estimate of drug-likeness (QED) is 0.333. The molecule has 1 fully saturated rings. The summed E-state index contributed by atoms with van der Waals surface area (Å²) in [5, 5.41) is 6.93. The maximum Gasteiger partial charge on any atom is 0.191 e. The van der Waals surface area contributed by atoms with Crippen LogP contribution in [0.5, 0.6) is 11.5 Å². The predicted molar refractivity (Wildman–Crippen MR) is 123 cm³/mol. The fraction of sp³-hybridized carbons (Fsp3) is 0.650. The number of aliphatic imine (C=N–C) groups is 1. The van der Waals surface area contributed by atoms with E-state index >= 15 is 0 Å². The Balaban J connectivity index is 0.00000364. The second kappa shape index (κ2) is 12.3. The number of hydrogen-bond donors (Lipinski definition) is 2. The average Bonchev–Trinajstić information content (AvgIpc) is 3.05. The van der Waals surface area contributed by atoms with Crippen LogP contribution in [0.3, 0.4) is 0 Å². The Morgan fingerprint density at radius 3 is 2.56 bits per heavy atom. The van der Waals surface area contributed by atoms with Crippen LogP contribution in [0.1, 0.15) is 38.8 Å². The zero-order chi connectivity index (χ0) is 18.9. The van der Waals surface area contributed by atoms with Crippen molar-refractivity contribution in [1.29, 1.82) is 0 Å². The summed E-state index contributed by atoms with van der Waals surface area (Å²) < 4.78 is 11.4. The molecule has 1 aliphatic rings. The van der Waals surface area contributed by atoms with Crippen LogP contribution in [-0.2, 0) is 0 Å². The molecule has 1 saturated heterocycles. The topological polar surface area (TPSA) is 58.1 Å². The van der Waals surface area contributed by atoms with Crippen LogP contribution in [0.2, 0.25) is 0 Å². The second-order valence-corrected chi connectivity index (χ2v) is 6.81. The minimum absolute atomic E-state index is 0. The molecule has 2 N–H and O–H groups in total. The first-order valence-corrected chi connectivity index (χ1v) is 9.62. The Kier molecular flexibility index (Phi) is 10.8. The van der Waals surface area contributed by atoms with Crippen molar-refractivity contribution < 1.29 is 9.47 Å². The van der Waals surface area contributed by atoms with E-state index < -0.39 is 0 Å². The summed E-state index contributed by atoms with van der Waals surface area (Å²) in [6, 6.07) is 6.21. The highest BCUT2D eigenvalue weighted by Gasteiger charge is 2.20. The van der Waals surface area contributed by atoms with Crippen molar-refractivity contribution in [2.75, 3.05) is 46.9 Å². The minimum atomic E-state index is 0. The van der Waals surface area contributed by atoms with Crippen LogP contribution >= 0.6 is 24.0 Å². The highest BCUT2D eigenvalue weighted by molar-refractivity contribution is 14.0. The lowest BCUT2D eigenvalue weighted by Gasteiger charge is -2.21. The monoisotopic (exact) mass is 490 g/mol. The highest BCUT2D eigenvalue weighted by atomic mass is 127. The molecular weight excluding hydrogens is 455 g/mol. The molecule has 27 heavy (non-hydrogen) atoms. The lowest BCUT2D eigenvalue weighted by atomic mass is 10.1. The third kappa shape index (κ3) is 7.37. The highest BCUT2D eigenvalue weighted by Crippen LogP contribution is 2.30. The van der Waals surface area contributed by atoms with Gasteiger partial charge in [0.2, 0.25) is 0 Å². The Labute approximate surface area is 181 Å². The van der Waals surface area contributed by atoms with Crippen molar-refractivity contribution in [2.45, 2.75) is 33.2 Å². The molecule has 0 amide bonds. The molecule has 0 spiro atoms. The van der Waals surface area contributed by atoms with E-state index in [1.165, 1.54) is 13.0 Å². The number of guanidine groups is 1. The predicted octanol–water partition coefficient (Wildman–Crippen LogP) is 3.28. The van der Waals surface area contributed by atoms with Crippen molar-refractivity contribution in [1.82, 2.24) is 15.5 Å². The molecule has 2 unspecified atom stereocenters. The molecule has 6 nitrogen and oxygen atoms in total. The van der Waals surface area contributed by atoms with Gasteiger partial charge in [-0.05, 0) is 64.4 Å². The van der Waals surface area contributed by atoms with Crippen LogP contribution in [0.15, 0.2) is 23.2 Å². The van der Waals surface area contributed by atoms with Crippen LogP contribution in [0.25, 0.3) is 0 Å². The fourth-order valence-electron chi connectivity index (χ4n) is 3.25. The molecule has 1 aromatic rings. The van der Waals surface area contributed by atoms with Gasteiger partial charge >= 0.3 is 0 Å². The van der Waals surface area contributed by atoms with Crippen molar-refractivity contribution in [3.8, 4) is 11.5 Å². The number of nitrogens with one attached hydrogen (secondary N) is 2. The summed E-state index contributed by atoms with van der Waals surface area (Å²) >= 11 is 0. The van der Waals surface area contributed by atoms with Crippen molar-refractivity contribution >= 4 is 29.9 Å². The first kappa shape index (κ1) is 23.8. The summed E-state index contributed by atoms with van der Waals surface area (Å²) in [7, 11) is 3.99. The number of likely N-dealkylation sites (tertiary alicyclic amines) is 1. The van der Waals surface area contributed by atoms with Gasteiger partial charge in [0.1, 0.15) is 0 Å². The number of ether oxygens (including phenoxy) is 2. The van der Waals surface area contributed by atoms with Gasteiger partial charge in [0.05, 0.1) is 19.3 Å². The van der Waals surface area contributed by atoms with Crippen LogP contribution in [0.4, 0.5) is 0 Å². The van der Waals surface area contributed by atoms with Gasteiger partial charge in [-0.25, -0.2) is 0 Å². The van der Waals surface area contributed by atoms with Crippen molar-refractivity contribution in [2.24, 2.45) is 10.9 Å². The number of nitrogens with zero attached hydrogens (tertiary/aromatic N) is 2. The summed E-state index contributed by atoms with van der Waals surface area (Å²) in [6.45, 7) is 10.6. The normalized spacial score (nSPS) is 18.6. The fourth-order valence-corrected chi connectivity index (χ4v) is 3.25. The molecule has 1 heterocycles. The first-order valence-electron chi connectivity index (χ1n) is 9.62. The molecule has 0 radical (unpaired) electrons. The van der Waals surface area contributed by atoms with E-state index in [1.54, 1.807) is 0 Å². The van der Waals surface area contributed by atoms with E-state index in [-0.39, 0.29) is 30.0 Å². The van der Waals surface area contributed by atoms with Crippen molar-refractivity contribution in [3.63, 3.8) is 0 Å². The van der Waals surface area contributed by atoms with Gasteiger partial charge in [0.15, 0.2) is 17.5 Å². The third-order valence-corrected chi connectivity index (χ3v) is 4.69. The van der Waals surface area contributed by atoms with Crippen molar-refractivity contribution in [3.05, 3.63) is 23.8 Å². The molecule has 154 valence electrons. The standard InChI is InChI=1S/C20H34N4O2.HI/c1-6-25-18-9-8-17(12-19(18)26-7-2)15(3)23-20(21-4)22-13-16-10-11-24(5)14-16;/h8-9,12,15-16H,6-7,10-11,13-14H2,1-5H3,(H2,21,22,23);1H. The molecule has 0 aromatic heterocycles. The van der Waals surface area contributed by atoms with Gasteiger partial charge in [0.25, 0.3) is 0 Å². The van der Waals surface area contributed by atoms with Gasteiger partial charge in [-0.3, -0.25) is 4.99 Å². The molecule has 1 aromatic carbocycles. The van der Waals surface area contributed by atoms with E-state index in [1.807, 2.05) is 33.0 Å². The van der Waals surface area contributed by atoms with Crippen LogP contribution in [0, 0.1) is 5.92 Å². The average molecular weight is 490 g/mol. The van der Waals surface area contributed by atoms with E-state index in [9.17, 15) is 0 Å². The summed E-state index contributed by atoms with van der Waals surface area (Å²) in [4.78, 5) is 6.74. The molecule has 0 saturated carbocycles. The summed E-state index contributed by atoms with van der Waals surface area (Å²) in [6.07, 6.45) is 1.24. The number of hydrogen-bond acceptors (Lipinski definition) is 4. The second-order valence-electron chi connectivity index (χ2n) is 6.81. The largest absolute Gasteiger partial charge is 0.490 e.